The Hall–Kier alpha value is -4.22. The summed E-state index contributed by atoms with van der Waals surface area (Å²) in [6.45, 7) is 1.13. The molecule has 3 aromatic rings. The predicted octanol–water partition coefficient (Wildman–Crippen LogP) is 4.63. The number of urea groups is 1. The fourth-order valence-corrected chi connectivity index (χ4v) is 3.79. The molecule has 0 fully saturated rings. The zero-order chi connectivity index (χ0) is 29.5. The SMILES string of the molecule is CC(=O)OCOC(OCC(Cc1ccccc1)NC(=O)Nc1ccccc1Oc1ccccc1)(O[PH2]=O)OC(C)=O. The normalized spacial score (nSPS) is 13.1. The van der Waals surface area contributed by atoms with Crippen LogP contribution in [0.2, 0.25) is 0 Å². The van der Waals surface area contributed by atoms with E-state index in [2.05, 4.69) is 10.6 Å². The summed E-state index contributed by atoms with van der Waals surface area (Å²) < 4.78 is 42.9. The second-order valence-electron chi connectivity index (χ2n) is 8.41. The zero-order valence-electron chi connectivity index (χ0n) is 22.4. The van der Waals surface area contributed by atoms with Crippen LogP contribution in [0.3, 0.4) is 0 Å². The van der Waals surface area contributed by atoms with Crippen LogP contribution in [-0.2, 0) is 44.0 Å². The second-order valence-corrected chi connectivity index (χ2v) is 8.84. The van der Waals surface area contributed by atoms with E-state index in [0.29, 0.717) is 17.2 Å². The monoisotopic (exact) mass is 586 g/mol. The first-order chi connectivity index (χ1) is 19.8. The van der Waals surface area contributed by atoms with Crippen LogP contribution >= 0.6 is 8.69 Å². The van der Waals surface area contributed by atoms with Gasteiger partial charge in [0.25, 0.3) is 0 Å². The van der Waals surface area contributed by atoms with Gasteiger partial charge in [-0.1, -0.05) is 60.7 Å². The molecule has 0 heterocycles. The number of carbonyl (C=O) groups excluding carboxylic acids is 3. The third-order valence-electron chi connectivity index (χ3n) is 5.19. The quantitative estimate of drug-likeness (QED) is 0.147. The molecular formula is C28H31N2O10P. The van der Waals surface area contributed by atoms with Crippen LogP contribution in [0.4, 0.5) is 10.5 Å². The maximum absolute atomic E-state index is 13.1. The third-order valence-corrected chi connectivity index (χ3v) is 5.57. The first-order valence-corrected chi connectivity index (χ1v) is 13.4. The van der Waals surface area contributed by atoms with Crippen molar-refractivity contribution in [2.24, 2.45) is 0 Å². The summed E-state index contributed by atoms with van der Waals surface area (Å²) in [5, 5.41) is 5.58. The Kier molecular flexibility index (Phi) is 12.3. The highest BCUT2D eigenvalue weighted by molar-refractivity contribution is 7.17. The number of benzene rings is 3. The maximum atomic E-state index is 13.1. The number of nitrogens with one attached hydrogen (secondary N) is 2. The smallest absolute Gasteiger partial charge is 0.455 e. The van der Waals surface area contributed by atoms with Gasteiger partial charge >= 0.3 is 24.1 Å². The fraction of sp³-hybridized carbons (Fsp3) is 0.250. The van der Waals surface area contributed by atoms with E-state index in [-0.39, 0.29) is 13.0 Å². The number of hydrogen-bond donors (Lipinski definition) is 2. The Morgan fingerprint density at radius 3 is 2.17 bits per heavy atom. The van der Waals surface area contributed by atoms with Crippen molar-refractivity contribution in [1.29, 1.82) is 0 Å². The van der Waals surface area contributed by atoms with E-state index < -0.39 is 45.7 Å². The summed E-state index contributed by atoms with van der Waals surface area (Å²) in [6.07, 6.45) is -2.30. The molecule has 0 aromatic heterocycles. The van der Waals surface area contributed by atoms with Crippen molar-refractivity contribution in [1.82, 2.24) is 5.32 Å². The van der Waals surface area contributed by atoms with E-state index in [9.17, 15) is 18.9 Å². The van der Waals surface area contributed by atoms with Crippen molar-refractivity contribution in [3.63, 3.8) is 0 Å². The highest BCUT2D eigenvalue weighted by atomic mass is 31.1. The Balaban J connectivity index is 1.76. The van der Waals surface area contributed by atoms with Gasteiger partial charge in [-0.2, -0.15) is 0 Å². The van der Waals surface area contributed by atoms with Crippen LogP contribution in [0.25, 0.3) is 0 Å². The molecule has 12 nitrogen and oxygen atoms in total. The lowest BCUT2D eigenvalue weighted by atomic mass is 10.1. The molecule has 0 radical (unpaired) electrons. The van der Waals surface area contributed by atoms with E-state index in [1.807, 2.05) is 48.5 Å². The minimum absolute atomic E-state index is 0.279. The number of esters is 2. The molecular weight excluding hydrogens is 555 g/mol. The number of rotatable bonds is 15. The van der Waals surface area contributed by atoms with E-state index in [4.69, 9.17) is 28.2 Å². The molecule has 3 aromatic carbocycles. The third kappa shape index (κ3) is 11.1. The minimum atomic E-state index is -2.58. The molecule has 0 aliphatic heterocycles. The van der Waals surface area contributed by atoms with E-state index >= 15 is 0 Å². The van der Waals surface area contributed by atoms with E-state index in [0.717, 1.165) is 19.4 Å². The zero-order valence-corrected chi connectivity index (χ0v) is 23.6. The average Bonchev–Trinajstić information content (AvgIpc) is 2.93. The van der Waals surface area contributed by atoms with Crippen molar-refractivity contribution in [2.45, 2.75) is 32.5 Å². The summed E-state index contributed by atoms with van der Waals surface area (Å²) in [4.78, 5) is 36.0. The molecule has 0 aliphatic rings. The molecule has 3 unspecified atom stereocenters. The molecule has 0 saturated heterocycles. The number of hydrogen-bond acceptors (Lipinski definition) is 10. The van der Waals surface area contributed by atoms with Crippen LogP contribution < -0.4 is 15.4 Å². The minimum Gasteiger partial charge on any atom is -0.455 e. The molecule has 41 heavy (non-hydrogen) atoms. The summed E-state index contributed by atoms with van der Waals surface area (Å²) in [5.74, 6) is -0.563. The van der Waals surface area contributed by atoms with Crippen LogP contribution in [0.15, 0.2) is 84.9 Å². The summed E-state index contributed by atoms with van der Waals surface area (Å²) in [7, 11) is -1.99. The lowest BCUT2D eigenvalue weighted by Gasteiger charge is -2.30. The highest BCUT2D eigenvalue weighted by Crippen LogP contribution is 2.29. The van der Waals surface area contributed by atoms with Gasteiger partial charge in [0, 0.05) is 13.8 Å². The highest BCUT2D eigenvalue weighted by Gasteiger charge is 2.40. The van der Waals surface area contributed by atoms with Gasteiger partial charge in [0.05, 0.1) is 18.3 Å². The molecule has 13 heteroatoms. The Morgan fingerprint density at radius 1 is 0.854 bits per heavy atom. The van der Waals surface area contributed by atoms with Crippen LogP contribution in [0.5, 0.6) is 11.5 Å². The molecule has 218 valence electrons. The Morgan fingerprint density at radius 2 is 1.51 bits per heavy atom. The molecule has 3 rings (SSSR count). The van der Waals surface area contributed by atoms with Crippen LogP contribution in [0, 0.1) is 0 Å². The van der Waals surface area contributed by atoms with Crippen molar-refractivity contribution >= 4 is 32.3 Å². The summed E-state index contributed by atoms with van der Waals surface area (Å²) in [5.41, 5.74) is 1.26. The number of carbonyl (C=O) groups is 3. The van der Waals surface area contributed by atoms with Crippen molar-refractivity contribution in [2.75, 3.05) is 18.7 Å². The first kappa shape index (κ1) is 31.3. The van der Waals surface area contributed by atoms with E-state index in [1.165, 1.54) is 0 Å². The molecule has 0 aliphatic carbocycles. The number of amides is 2. The van der Waals surface area contributed by atoms with Gasteiger partial charge in [-0.3, -0.25) is 23.6 Å². The molecule has 2 amide bonds. The van der Waals surface area contributed by atoms with Gasteiger partial charge < -0.3 is 24.8 Å². The number of anilines is 1. The van der Waals surface area contributed by atoms with Gasteiger partial charge in [-0.15, -0.1) is 0 Å². The Labute approximate surface area is 238 Å². The van der Waals surface area contributed by atoms with Crippen LogP contribution in [0.1, 0.15) is 19.4 Å². The molecule has 2 N–H and O–H groups in total. The maximum Gasteiger partial charge on any atom is 0.471 e. The van der Waals surface area contributed by atoms with Gasteiger partial charge in [0.2, 0.25) is 6.79 Å². The fourth-order valence-electron chi connectivity index (χ4n) is 3.48. The second kappa shape index (κ2) is 16.1. The lowest BCUT2D eigenvalue weighted by molar-refractivity contribution is -0.462. The largest absolute Gasteiger partial charge is 0.471 e. The van der Waals surface area contributed by atoms with Crippen molar-refractivity contribution < 1.29 is 47.2 Å². The molecule has 0 spiro atoms. The standard InChI is InChI=1S/C28H31N2O10P/c1-20(31)35-19-37-28(40-41-34,39-21(2)32)36-18-23(17-22-11-5-3-6-12-22)29-27(33)30-25-15-9-10-16-26(25)38-24-13-7-4-8-14-24/h3-16,23H,17-19,41H2,1-2H3,(H2,29,30,33). The lowest BCUT2D eigenvalue weighted by Crippen LogP contribution is -2.48. The van der Waals surface area contributed by atoms with Crippen LogP contribution in [-0.4, -0.2) is 43.6 Å². The number of ether oxygens (including phenoxy) is 5. The van der Waals surface area contributed by atoms with E-state index in [1.54, 1.807) is 36.4 Å². The van der Waals surface area contributed by atoms with Gasteiger partial charge in [0.1, 0.15) is 5.75 Å². The Bertz CT molecular complexity index is 1300. The van der Waals surface area contributed by atoms with Gasteiger partial charge in [-0.05, 0) is 36.2 Å². The van der Waals surface area contributed by atoms with Crippen molar-refractivity contribution in [3.8, 4) is 11.5 Å². The first-order valence-electron chi connectivity index (χ1n) is 12.4. The summed E-state index contributed by atoms with van der Waals surface area (Å²) >= 11 is 0. The molecule has 3 atom stereocenters. The predicted molar refractivity (Wildman–Crippen MR) is 149 cm³/mol. The van der Waals surface area contributed by atoms with Gasteiger partial charge in [0.15, 0.2) is 14.4 Å². The summed E-state index contributed by atoms with van der Waals surface area (Å²) in [6, 6.07) is 23.9. The number of para-hydroxylation sites is 3. The van der Waals surface area contributed by atoms with Crippen molar-refractivity contribution in [3.05, 3.63) is 90.5 Å². The van der Waals surface area contributed by atoms with Gasteiger partial charge in [-0.25, -0.2) is 9.32 Å². The topological polar surface area (TPSA) is 148 Å². The average molecular weight is 587 g/mol. The molecule has 0 saturated carbocycles. The molecule has 0 bridgehead atoms.